The number of rotatable bonds is 4. The summed E-state index contributed by atoms with van der Waals surface area (Å²) < 4.78 is 4.70. The van der Waals surface area contributed by atoms with Gasteiger partial charge >= 0.3 is 5.97 Å². The molecule has 0 radical (unpaired) electrons. The molecule has 0 aromatic carbocycles. The van der Waals surface area contributed by atoms with Gasteiger partial charge in [0.1, 0.15) is 6.04 Å². The second-order valence-corrected chi connectivity index (χ2v) is 5.22. The molecule has 2 atom stereocenters. The third-order valence-corrected chi connectivity index (χ3v) is 3.59. The first-order valence-electron chi connectivity index (χ1n) is 6.73. The van der Waals surface area contributed by atoms with E-state index in [4.69, 9.17) is 4.74 Å². The molecule has 2 heterocycles. The number of esters is 1. The minimum absolute atomic E-state index is 0.0148. The second kappa shape index (κ2) is 6.23. The highest BCUT2D eigenvalue weighted by atomic mass is 16.5. The number of carbonyl (C=O) groups excluding carboxylic acids is 2. The summed E-state index contributed by atoms with van der Waals surface area (Å²) in [5.41, 5.74) is 2.12. The third kappa shape index (κ3) is 3.40. The predicted octanol–water partition coefficient (Wildman–Crippen LogP) is -0.427. The molecular formula is C13H20N4O4. The van der Waals surface area contributed by atoms with E-state index in [1.807, 2.05) is 6.92 Å². The molecule has 0 saturated carbocycles. The fraction of sp³-hybridized carbons (Fsp3) is 0.615. The Kier molecular flexibility index (Phi) is 4.59. The van der Waals surface area contributed by atoms with Gasteiger partial charge in [-0.15, -0.1) is 0 Å². The molecule has 1 fully saturated rings. The number of carbonyl (C=O) groups is 2. The summed E-state index contributed by atoms with van der Waals surface area (Å²) in [4.78, 5) is 25.4. The van der Waals surface area contributed by atoms with Crippen molar-refractivity contribution in [3.8, 4) is 0 Å². The molecule has 1 saturated heterocycles. The highest BCUT2D eigenvalue weighted by Gasteiger charge is 2.37. The number of methoxy groups -OCH3 is 1. The molecule has 0 bridgehead atoms. The van der Waals surface area contributed by atoms with Gasteiger partial charge < -0.3 is 15.2 Å². The Labute approximate surface area is 122 Å². The monoisotopic (exact) mass is 296 g/mol. The largest absolute Gasteiger partial charge is 0.468 e. The minimum atomic E-state index is -0.626. The van der Waals surface area contributed by atoms with Gasteiger partial charge in [0.25, 0.3) is 0 Å². The van der Waals surface area contributed by atoms with Gasteiger partial charge in [-0.3, -0.25) is 19.6 Å². The van der Waals surface area contributed by atoms with Crippen LogP contribution in [0.3, 0.4) is 0 Å². The Balaban J connectivity index is 2.00. The molecule has 1 aliphatic heterocycles. The van der Waals surface area contributed by atoms with E-state index >= 15 is 0 Å². The minimum Gasteiger partial charge on any atom is -0.468 e. The Morgan fingerprint density at radius 2 is 2.24 bits per heavy atom. The maximum atomic E-state index is 12.1. The van der Waals surface area contributed by atoms with E-state index in [2.05, 4.69) is 15.5 Å². The van der Waals surface area contributed by atoms with Crippen molar-refractivity contribution in [2.75, 3.05) is 25.5 Å². The molecular weight excluding hydrogens is 276 g/mol. The van der Waals surface area contributed by atoms with Gasteiger partial charge in [-0.05, 0) is 13.8 Å². The van der Waals surface area contributed by atoms with Gasteiger partial charge in [-0.1, -0.05) is 0 Å². The van der Waals surface area contributed by atoms with E-state index in [-0.39, 0.29) is 25.4 Å². The molecule has 3 N–H and O–H groups in total. The van der Waals surface area contributed by atoms with Gasteiger partial charge in [-0.2, -0.15) is 5.10 Å². The van der Waals surface area contributed by atoms with E-state index in [1.54, 1.807) is 11.8 Å². The molecule has 1 amide bonds. The lowest BCUT2D eigenvalue weighted by Gasteiger charge is -2.21. The van der Waals surface area contributed by atoms with Crippen LogP contribution in [0.2, 0.25) is 0 Å². The van der Waals surface area contributed by atoms with Crippen LogP contribution >= 0.6 is 0 Å². The number of aliphatic hydroxyl groups excluding tert-OH is 1. The number of likely N-dealkylation sites (tertiary alicyclic amines) is 1. The number of nitrogens with one attached hydrogen (secondary N) is 2. The number of aromatic nitrogens is 2. The Morgan fingerprint density at radius 1 is 1.52 bits per heavy atom. The summed E-state index contributed by atoms with van der Waals surface area (Å²) in [5.74, 6) is -0.694. The fourth-order valence-electron chi connectivity index (χ4n) is 2.53. The van der Waals surface area contributed by atoms with Crippen LogP contribution in [0.15, 0.2) is 0 Å². The lowest BCUT2D eigenvalue weighted by atomic mass is 10.2. The average Bonchev–Trinajstić information content (AvgIpc) is 2.95. The molecule has 0 spiro atoms. The Hall–Kier alpha value is -1.93. The van der Waals surface area contributed by atoms with E-state index in [1.165, 1.54) is 7.11 Å². The van der Waals surface area contributed by atoms with E-state index < -0.39 is 18.1 Å². The number of amides is 1. The molecule has 1 aromatic rings. The van der Waals surface area contributed by atoms with Crippen molar-refractivity contribution in [1.29, 1.82) is 0 Å². The van der Waals surface area contributed by atoms with Gasteiger partial charge in [-0.25, -0.2) is 0 Å². The zero-order chi connectivity index (χ0) is 15.6. The highest BCUT2D eigenvalue weighted by Crippen LogP contribution is 2.20. The molecule has 2 unspecified atom stereocenters. The predicted molar refractivity (Wildman–Crippen MR) is 74.7 cm³/mol. The lowest BCUT2D eigenvalue weighted by Crippen LogP contribution is -2.41. The number of hydrogen-bond acceptors (Lipinski definition) is 6. The van der Waals surface area contributed by atoms with Crippen molar-refractivity contribution in [3.63, 3.8) is 0 Å². The summed E-state index contributed by atoms with van der Waals surface area (Å²) in [5, 5.41) is 19.2. The quantitative estimate of drug-likeness (QED) is 0.651. The molecule has 0 aliphatic carbocycles. The summed E-state index contributed by atoms with van der Waals surface area (Å²) >= 11 is 0. The summed E-state index contributed by atoms with van der Waals surface area (Å²) in [6.45, 7) is 3.89. The molecule has 116 valence electrons. The van der Waals surface area contributed by atoms with Gasteiger partial charge in [0.15, 0.2) is 0 Å². The number of H-pyrrole nitrogens is 1. The second-order valence-electron chi connectivity index (χ2n) is 5.22. The number of aromatic amines is 1. The lowest BCUT2D eigenvalue weighted by molar-refractivity contribution is -0.146. The Morgan fingerprint density at radius 3 is 2.81 bits per heavy atom. The van der Waals surface area contributed by atoms with Crippen LogP contribution in [0.1, 0.15) is 17.8 Å². The molecule has 8 heteroatoms. The number of hydrogen-bond donors (Lipinski definition) is 3. The summed E-state index contributed by atoms with van der Waals surface area (Å²) in [7, 11) is 1.30. The number of nitrogens with zero attached hydrogens (tertiary/aromatic N) is 2. The topological polar surface area (TPSA) is 108 Å². The van der Waals surface area contributed by atoms with Crippen LogP contribution in [0, 0.1) is 13.8 Å². The molecule has 21 heavy (non-hydrogen) atoms. The maximum absolute atomic E-state index is 12.1. The first-order chi connectivity index (χ1) is 9.92. The van der Waals surface area contributed by atoms with Crippen molar-refractivity contribution < 1.29 is 19.4 Å². The maximum Gasteiger partial charge on any atom is 0.323 e. The van der Waals surface area contributed by atoms with E-state index in [0.717, 1.165) is 5.69 Å². The van der Waals surface area contributed by atoms with E-state index in [0.29, 0.717) is 11.4 Å². The van der Waals surface area contributed by atoms with Crippen LogP contribution in [-0.4, -0.2) is 64.4 Å². The van der Waals surface area contributed by atoms with Gasteiger partial charge in [0, 0.05) is 13.0 Å². The number of ether oxygens (including phenoxy) is 1. The van der Waals surface area contributed by atoms with Crippen molar-refractivity contribution in [1.82, 2.24) is 15.1 Å². The molecule has 1 aromatic heterocycles. The van der Waals surface area contributed by atoms with E-state index in [9.17, 15) is 14.7 Å². The van der Waals surface area contributed by atoms with Crippen molar-refractivity contribution in [2.45, 2.75) is 32.4 Å². The first-order valence-corrected chi connectivity index (χ1v) is 6.73. The van der Waals surface area contributed by atoms with Crippen LogP contribution < -0.4 is 5.32 Å². The van der Waals surface area contributed by atoms with Crippen LogP contribution in [0.25, 0.3) is 0 Å². The van der Waals surface area contributed by atoms with Crippen LogP contribution in [-0.2, 0) is 14.3 Å². The normalized spacial score (nSPS) is 22.3. The number of aryl methyl sites for hydroxylation is 2. The Bertz CT molecular complexity index is 523. The molecule has 2 rings (SSSR count). The average molecular weight is 296 g/mol. The molecule has 8 nitrogen and oxygen atoms in total. The first kappa shape index (κ1) is 15.5. The van der Waals surface area contributed by atoms with Crippen LogP contribution in [0.5, 0.6) is 0 Å². The zero-order valence-corrected chi connectivity index (χ0v) is 12.3. The highest BCUT2D eigenvalue weighted by molar-refractivity contribution is 5.93. The van der Waals surface area contributed by atoms with Gasteiger partial charge in [0.2, 0.25) is 5.91 Å². The SMILES string of the molecule is COC(=O)C1CC(O)CN1CC(=O)Nc1c(C)n[nH]c1C. The van der Waals surface area contributed by atoms with Crippen molar-refractivity contribution in [2.24, 2.45) is 0 Å². The zero-order valence-electron chi connectivity index (χ0n) is 12.3. The van der Waals surface area contributed by atoms with Gasteiger partial charge in [0.05, 0.1) is 36.8 Å². The standard InChI is InChI=1S/C13H20N4O4/c1-7-12(8(2)16-15-7)14-11(19)6-17-5-9(18)4-10(17)13(20)21-3/h9-10,18H,4-6H2,1-3H3,(H,14,19)(H,15,16). The smallest absolute Gasteiger partial charge is 0.323 e. The summed E-state index contributed by atoms with van der Waals surface area (Å²) in [6.07, 6.45) is -0.344. The number of aliphatic hydroxyl groups is 1. The number of β-amino-alcohol motifs (C(OH)–C–C–N with tert-alkyl or cyclic N) is 1. The fourth-order valence-corrected chi connectivity index (χ4v) is 2.53. The van der Waals surface area contributed by atoms with Crippen molar-refractivity contribution >= 4 is 17.6 Å². The number of anilines is 1. The summed E-state index contributed by atoms with van der Waals surface area (Å²) in [6, 6.07) is -0.581. The van der Waals surface area contributed by atoms with Crippen LogP contribution in [0.4, 0.5) is 5.69 Å². The van der Waals surface area contributed by atoms with Crippen molar-refractivity contribution in [3.05, 3.63) is 11.4 Å². The molecule has 1 aliphatic rings. The third-order valence-electron chi connectivity index (χ3n) is 3.59.